The lowest BCUT2D eigenvalue weighted by molar-refractivity contribution is 0.402. The van der Waals surface area contributed by atoms with Crippen molar-refractivity contribution in [1.29, 1.82) is 0 Å². The molecule has 15 heavy (non-hydrogen) atoms. The Kier molecular flexibility index (Phi) is 1.95. The van der Waals surface area contributed by atoms with Crippen molar-refractivity contribution in [3.05, 3.63) is 22.6 Å². The average molecular weight is 267 g/mol. The van der Waals surface area contributed by atoms with Gasteiger partial charge in [0, 0.05) is 16.6 Å². The van der Waals surface area contributed by atoms with Crippen LogP contribution in [0.4, 0.5) is 5.69 Å². The number of nitrogen functional groups attached to an aromatic ring is 1. The zero-order valence-electron chi connectivity index (χ0n) is 8.15. The largest absolute Gasteiger partial charge is 0.396 e. The van der Waals surface area contributed by atoms with Gasteiger partial charge in [-0.05, 0) is 34.8 Å². The van der Waals surface area contributed by atoms with Gasteiger partial charge in [0.25, 0.3) is 0 Å². The van der Waals surface area contributed by atoms with Crippen molar-refractivity contribution in [3.63, 3.8) is 0 Å². The van der Waals surface area contributed by atoms with Gasteiger partial charge in [0.1, 0.15) is 0 Å². The van der Waals surface area contributed by atoms with E-state index in [2.05, 4.69) is 26.0 Å². The fraction of sp³-hybridized carbons (Fsp3) is 0.400. The van der Waals surface area contributed by atoms with Crippen molar-refractivity contribution in [2.75, 3.05) is 5.73 Å². The topological polar surface area (TPSA) is 56.2 Å². The van der Waals surface area contributed by atoms with Crippen LogP contribution in [-0.4, -0.2) is 14.6 Å². The quantitative estimate of drug-likeness (QED) is 0.862. The highest BCUT2D eigenvalue weighted by atomic mass is 79.9. The molecule has 5 heteroatoms. The monoisotopic (exact) mass is 266 g/mol. The molecule has 0 bridgehead atoms. The molecule has 0 unspecified atom stereocenters. The molecule has 0 amide bonds. The summed E-state index contributed by atoms with van der Waals surface area (Å²) in [5, 5.41) is 4.45. The number of nitrogens with two attached hydrogens (primary N) is 1. The zero-order chi connectivity index (χ0) is 10.4. The maximum atomic E-state index is 5.88. The van der Waals surface area contributed by atoms with Crippen LogP contribution < -0.4 is 5.73 Å². The smallest absolute Gasteiger partial charge is 0.178 e. The summed E-state index contributed by atoms with van der Waals surface area (Å²) in [6.07, 6.45) is 5.59. The SMILES string of the molecule is Nc1cc(Br)cn2nc(C3CCC3)nc12. The summed E-state index contributed by atoms with van der Waals surface area (Å²) in [6, 6.07) is 1.86. The van der Waals surface area contributed by atoms with Crippen LogP contribution in [0.3, 0.4) is 0 Å². The summed E-state index contributed by atoms with van der Waals surface area (Å²) in [6.45, 7) is 0. The van der Waals surface area contributed by atoms with Crippen molar-refractivity contribution in [2.24, 2.45) is 0 Å². The van der Waals surface area contributed by atoms with Crippen LogP contribution in [0.1, 0.15) is 31.0 Å². The highest BCUT2D eigenvalue weighted by Crippen LogP contribution is 2.35. The molecule has 1 aliphatic carbocycles. The highest BCUT2D eigenvalue weighted by Gasteiger charge is 2.24. The molecule has 1 fully saturated rings. The summed E-state index contributed by atoms with van der Waals surface area (Å²) >= 11 is 3.39. The molecule has 2 aromatic heterocycles. The molecule has 0 aromatic carbocycles. The van der Waals surface area contributed by atoms with Gasteiger partial charge in [0.2, 0.25) is 0 Å². The van der Waals surface area contributed by atoms with Crippen LogP contribution >= 0.6 is 15.9 Å². The molecule has 1 saturated carbocycles. The predicted octanol–water partition coefficient (Wildman–Crippen LogP) is 2.34. The van der Waals surface area contributed by atoms with Gasteiger partial charge in [-0.15, -0.1) is 0 Å². The number of aromatic nitrogens is 3. The summed E-state index contributed by atoms with van der Waals surface area (Å²) in [5.74, 6) is 1.48. The number of halogens is 1. The van der Waals surface area contributed by atoms with Gasteiger partial charge in [-0.25, -0.2) is 9.50 Å². The zero-order valence-corrected chi connectivity index (χ0v) is 9.74. The first kappa shape index (κ1) is 9.15. The van der Waals surface area contributed by atoms with E-state index >= 15 is 0 Å². The predicted molar refractivity (Wildman–Crippen MR) is 61.7 cm³/mol. The van der Waals surface area contributed by atoms with E-state index in [-0.39, 0.29) is 0 Å². The van der Waals surface area contributed by atoms with E-state index in [1.807, 2.05) is 12.3 Å². The molecule has 0 atom stereocenters. The highest BCUT2D eigenvalue weighted by molar-refractivity contribution is 9.10. The van der Waals surface area contributed by atoms with Crippen molar-refractivity contribution >= 4 is 27.3 Å². The van der Waals surface area contributed by atoms with Crippen LogP contribution in [0.15, 0.2) is 16.7 Å². The maximum Gasteiger partial charge on any atom is 0.178 e. The molecular weight excluding hydrogens is 256 g/mol. The molecule has 2 N–H and O–H groups in total. The summed E-state index contributed by atoms with van der Waals surface area (Å²) in [4.78, 5) is 4.48. The molecular formula is C10H11BrN4. The van der Waals surface area contributed by atoms with Gasteiger partial charge in [-0.1, -0.05) is 6.42 Å². The molecule has 0 saturated heterocycles. The lowest BCUT2D eigenvalue weighted by atomic mass is 9.85. The lowest BCUT2D eigenvalue weighted by Crippen LogP contribution is -2.10. The summed E-state index contributed by atoms with van der Waals surface area (Å²) in [7, 11) is 0. The molecule has 3 rings (SSSR count). The van der Waals surface area contributed by atoms with Crippen LogP contribution in [0.2, 0.25) is 0 Å². The van der Waals surface area contributed by atoms with Gasteiger partial charge >= 0.3 is 0 Å². The molecule has 0 radical (unpaired) electrons. The normalized spacial score (nSPS) is 16.9. The fourth-order valence-electron chi connectivity index (χ4n) is 1.83. The van der Waals surface area contributed by atoms with E-state index < -0.39 is 0 Å². The fourth-order valence-corrected chi connectivity index (χ4v) is 2.27. The molecule has 0 spiro atoms. The van der Waals surface area contributed by atoms with Crippen molar-refractivity contribution in [2.45, 2.75) is 25.2 Å². The molecule has 2 aromatic rings. The second kappa shape index (κ2) is 3.20. The van der Waals surface area contributed by atoms with E-state index in [9.17, 15) is 0 Å². The van der Waals surface area contributed by atoms with Gasteiger partial charge < -0.3 is 5.73 Å². The number of hydrogen-bond acceptors (Lipinski definition) is 3. The van der Waals surface area contributed by atoms with E-state index in [0.717, 1.165) is 15.9 Å². The number of pyridine rings is 1. The first-order valence-electron chi connectivity index (χ1n) is 5.05. The number of hydrogen-bond donors (Lipinski definition) is 1. The Balaban J connectivity index is 2.16. The molecule has 0 aliphatic heterocycles. The Labute approximate surface area is 95.6 Å². The second-order valence-electron chi connectivity index (χ2n) is 3.98. The molecule has 2 heterocycles. The second-order valence-corrected chi connectivity index (χ2v) is 4.90. The molecule has 1 aliphatic rings. The standard InChI is InChI=1S/C10H11BrN4/c11-7-4-8(12)10-13-9(6-2-1-3-6)14-15(10)5-7/h4-6H,1-3,12H2. The Morgan fingerprint density at radius 1 is 1.47 bits per heavy atom. The first-order valence-corrected chi connectivity index (χ1v) is 5.84. The van der Waals surface area contributed by atoms with E-state index in [0.29, 0.717) is 11.6 Å². The van der Waals surface area contributed by atoms with E-state index in [1.54, 1.807) is 4.52 Å². The first-order chi connectivity index (χ1) is 7.24. The van der Waals surface area contributed by atoms with Gasteiger partial charge in [0.05, 0.1) is 5.69 Å². The third-order valence-corrected chi connectivity index (χ3v) is 3.35. The Bertz CT molecular complexity index is 515. The van der Waals surface area contributed by atoms with Crippen LogP contribution in [0.5, 0.6) is 0 Å². The van der Waals surface area contributed by atoms with Crippen LogP contribution in [-0.2, 0) is 0 Å². The Morgan fingerprint density at radius 2 is 2.27 bits per heavy atom. The van der Waals surface area contributed by atoms with Crippen molar-refractivity contribution in [3.8, 4) is 0 Å². The number of nitrogens with zero attached hydrogens (tertiary/aromatic N) is 3. The number of anilines is 1. The van der Waals surface area contributed by atoms with Gasteiger partial charge in [0.15, 0.2) is 11.5 Å². The minimum atomic E-state index is 0.545. The minimum absolute atomic E-state index is 0.545. The maximum absolute atomic E-state index is 5.88. The average Bonchev–Trinajstić information content (AvgIpc) is 2.44. The van der Waals surface area contributed by atoms with Crippen molar-refractivity contribution < 1.29 is 0 Å². The lowest BCUT2D eigenvalue weighted by Gasteiger charge is -2.21. The van der Waals surface area contributed by atoms with Gasteiger partial charge in [-0.2, -0.15) is 5.10 Å². The van der Waals surface area contributed by atoms with Crippen molar-refractivity contribution in [1.82, 2.24) is 14.6 Å². The third-order valence-electron chi connectivity index (χ3n) is 2.92. The van der Waals surface area contributed by atoms with E-state index in [1.165, 1.54) is 19.3 Å². The van der Waals surface area contributed by atoms with Gasteiger partial charge in [-0.3, -0.25) is 0 Å². The number of rotatable bonds is 1. The molecule has 4 nitrogen and oxygen atoms in total. The Hall–Kier alpha value is -1.10. The summed E-state index contributed by atoms with van der Waals surface area (Å²) in [5.41, 5.74) is 7.31. The van der Waals surface area contributed by atoms with Crippen LogP contribution in [0.25, 0.3) is 5.65 Å². The molecule has 78 valence electrons. The van der Waals surface area contributed by atoms with Crippen LogP contribution in [0, 0.1) is 0 Å². The summed E-state index contributed by atoms with van der Waals surface area (Å²) < 4.78 is 2.69. The third kappa shape index (κ3) is 1.42. The number of fused-ring (bicyclic) bond motifs is 1. The minimum Gasteiger partial charge on any atom is -0.396 e. The Morgan fingerprint density at radius 3 is 2.93 bits per heavy atom. The van der Waals surface area contributed by atoms with E-state index in [4.69, 9.17) is 5.73 Å².